The molecule has 1 N–H and O–H groups in total. The first kappa shape index (κ1) is 14.6. The zero-order valence-corrected chi connectivity index (χ0v) is 10.6. The molecule has 0 unspecified atom stereocenters. The first-order valence-electron chi connectivity index (χ1n) is 5.91. The minimum atomic E-state index is -4.42. The second-order valence-electron chi connectivity index (χ2n) is 4.34. The summed E-state index contributed by atoms with van der Waals surface area (Å²) < 4.78 is 47.1. The molecule has 110 valence electrons. The first-order chi connectivity index (χ1) is 9.40. The standard InChI is InChI=1S/C12H13F3N2O3/c1-19-11(18)9-4-8(6-16-9)20-10-3-2-7(5-17-10)12(13,14)15/h2-3,5,8-9,16H,4,6H2,1H3/t8-,9+/m1/s1. The van der Waals surface area contributed by atoms with Crippen LogP contribution in [0.15, 0.2) is 18.3 Å². The second kappa shape index (κ2) is 5.66. The van der Waals surface area contributed by atoms with Gasteiger partial charge in [-0.05, 0) is 6.07 Å². The van der Waals surface area contributed by atoms with Crippen molar-refractivity contribution in [3.8, 4) is 5.88 Å². The summed E-state index contributed by atoms with van der Waals surface area (Å²) in [6.45, 7) is 0.405. The van der Waals surface area contributed by atoms with Crippen molar-refractivity contribution in [3.63, 3.8) is 0 Å². The van der Waals surface area contributed by atoms with Crippen LogP contribution in [-0.4, -0.2) is 36.8 Å². The average molecular weight is 290 g/mol. The third-order valence-corrected chi connectivity index (χ3v) is 2.93. The van der Waals surface area contributed by atoms with E-state index in [1.165, 1.54) is 7.11 Å². The molecule has 0 saturated carbocycles. The Hall–Kier alpha value is -1.83. The molecule has 1 saturated heterocycles. The molecule has 1 aromatic heterocycles. The highest BCUT2D eigenvalue weighted by atomic mass is 19.4. The summed E-state index contributed by atoms with van der Waals surface area (Å²) in [4.78, 5) is 14.9. The van der Waals surface area contributed by atoms with E-state index >= 15 is 0 Å². The van der Waals surface area contributed by atoms with Crippen molar-refractivity contribution >= 4 is 5.97 Å². The maximum atomic E-state index is 12.4. The normalized spacial score (nSPS) is 22.6. The lowest BCUT2D eigenvalue weighted by Gasteiger charge is -2.12. The van der Waals surface area contributed by atoms with E-state index in [2.05, 4.69) is 15.0 Å². The number of hydrogen-bond donors (Lipinski definition) is 1. The van der Waals surface area contributed by atoms with Gasteiger partial charge in [-0.25, -0.2) is 4.98 Å². The summed E-state index contributed by atoms with van der Waals surface area (Å²) in [6.07, 6.45) is -3.65. The molecular weight excluding hydrogens is 277 g/mol. The number of methoxy groups -OCH3 is 1. The molecule has 1 aliphatic heterocycles. The van der Waals surface area contributed by atoms with Crippen LogP contribution in [0.3, 0.4) is 0 Å². The van der Waals surface area contributed by atoms with Crippen LogP contribution in [0, 0.1) is 0 Å². The van der Waals surface area contributed by atoms with Crippen LogP contribution in [0.5, 0.6) is 5.88 Å². The van der Waals surface area contributed by atoms with Crippen molar-refractivity contribution in [2.75, 3.05) is 13.7 Å². The van der Waals surface area contributed by atoms with E-state index in [0.717, 1.165) is 18.3 Å². The van der Waals surface area contributed by atoms with Crippen LogP contribution in [0.25, 0.3) is 0 Å². The number of carbonyl (C=O) groups excluding carboxylic acids is 1. The molecule has 0 radical (unpaired) electrons. The Labute approximate surface area is 113 Å². The maximum Gasteiger partial charge on any atom is 0.417 e. The van der Waals surface area contributed by atoms with Crippen molar-refractivity contribution in [2.24, 2.45) is 0 Å². The summed E-state index contributed by atoms with van der Waals surface area (Å²) in [5.74, 6) is -0.299. The van der Waals surface area contributed by atoms with Gasteiger partial charge >= 0.3 is 12.1 Å². The second-order valence-corrected chi connectivity index (χ2v) is 4.34. The monoisotopic (exact) mass is 290 g/mol. The topological polar surface area (TPSA) is 60.5 Å². The summed E-state index contributed by atoms with van der Waals surface area (Å²) in [5, 5.41) is 2.91. The number of pyridine rings is 1. The average Bonchev–Trinajstić information content (AvgIpc) is 2.86. The number of hydrogen-bond acceptors (Lipinski definition) is 5. The Kier molecular flexibility index (Phi) is 4.12. The SMILES string of the molecule is COC(=O)[C@@H]1C[C@@H](Oc2ccc(C(F)(F)F)cn2)CN1. The first-order valence-corrected chi connectivity index (χ1v) is 5.91. The molecule has 5 nitrogen and oxygen atoms in total. The maximum absolute atomic E-state index is 12.4. The van der Waals surface area contributed by atoms with Gasteiger partial charge in [-0.15, -0.1) is 0 Å². The number of alkyl halides is 3. The van der Waals surface area contributed by atoms with Crippen molar-refractivity contribution in [3.05, 3.63) is 23.9 Å². The van der Waals surface area contributed by atoms with Gasteiger partial charge in [-0.1, -0.05) is 0 Å². The molecule has 1 aliphatic rings. The van der Waals surface area contributed by atoms with E-state index in [0.29, 0.717) is 13.0 Å². The number of carbonyl (C=O) groups is 1. The van der Waals surface area contributed by atoms with Gasteiger partial charge in [0.15, 0.2) is 0 Å². The van der Waals surface area contributed by atoms with E-state index in [9.17, 15) is 18.0 Å². The molecule has 8 heteroatoms. The lowest BCUT2D eigenvalue weighted by Crippen LogP contribution is -2.31. The lowest BCUT2D eigenvalue weighted by molar-refractivity contribution is -0.142. The molecule has 0 bridgehead atoms. The van der Waals surface area contributed by atoms with Gasteiger partial charge in [-0.3, -0.25) is 4.79 Å². The van der Waals surface area contributed by atoms with Gasteiger partial charge in [0.1, 0.15) is 12.1 Å². The van der Waals surface area contributed by atoms with Gasteiger partial charge in [0, 0.05) is 25.2 Å². The van der Waals surface area contributed by atoms with Crippen molar-refractivity contribution < 1.29 is 27.4 Å². The highest BCUT2D eigenvalue weighted by molar-refractivity contribution is 5.76. The predicted molar refractivity (Wildman–Crippen MR) is 62.1 cm³/mol. The third kappa shape index (κ3) is 3.38. The zero-order valence-electron chi connectivity index (χ0n) is 10.6. The van der Waals surface area contributed by atoms with Gasteiger partial charge in [-0.2, -0.15) is 13.2 Å². The molecule has 2 heterocycles. The zero-order chi connectivity index (χ0) is 14.8. The Morgan fingerprint density at radius 1 is 1.45 bits per heavy atom. The quantitative estimate of drug-likeness (QED) is 0.852. The van der Waals surface area contributed by atoms with E-state index in [-0.39, 0.29) is 12.0 Å². The molecule has 20 heavy (non-hydrogen) atoms. The van der Waals surface area contributed by atoms with Crippen LogP contribution in [0.2, 0.25) is 0 Å². The number of nitrogens with zero attached hydrogens (tertiary/aromatic N) is 1. The van der Waals surface area contributed by atoms with Gasteiger partial charge < -0.3 is 14.8 Å². The fraction of sp³-hybridized carbons (Fsp3) is 0.500. The van der Waals surface area contributed by atoms with Crippen LogP contribution < -0.4 is 10.1 Å². The minimum absolute atomic E-state index is 0.0929. The number of aromatic nitrogens is 1. The molecule has 0 aliphatic carbocycles. The van der Waals surface area contributed by atoms with Crippen LogP contribution in [0.4, 0.5) is 13.2 Å². The Morgan fingerprint density at radius 3 is 2.75 bits per heavy atom. The predicted octanol–water partition coefficient (Wildman–Crippen LogP) is 1.38. The molecule has 0 amide bonds. The Morgan fingerprint density at radius 2 is 2.20 bits per heavy atom. The van der Waals surface area contributed by atoms with E-state index < -0.39 is 23.8 Å². The van der Waals surface area contributed by atoms with Gasteiger partial charge in [0.2, 0.25) is 5.88 Å². The smallest absolute Gasteiger partial charge is 0.417 e. The number of esters is 1. The van der Waals surface area contributed by atoms with Gasteiger partial charge in [0.25, 0.3) is 0 Å². The fourth-order valence-electron chi connectivity index (χ4n) is 1.90. The van der Waals surface area contributed by atoms with E-state index in [1.807, 2.05) is 0 Å². The molecule has 2 atom stereocenters. The van der Waals surface area contributed by atoms with Crippen molar-refractivity contribution in [1.82, 2.24) is 10.3 Å². The largest absolute Gasteiger partial charge is 0.473 e. The van der Waals surface area contributed by atoms with E-state index in [4.69, 9.17) is 4.74 Å². The van der Waals surface area contributed by atoms with E-state index in [1.54, 1.807) is 0 Å². The summed E-state index contributed by atoms with van der Waals surface area (Å²) >= 11 is 0. The highest BCUT2D eigenvalue weighted by Gasteiger charge is 2.33. The lowest BCUT2D eigenvalue weighted by atomic mass is 10.2. The highest BCUT2D eigenvalue weighted by Crippen LogP contribution is 2.29. The van der Waals surface area contributed by atoms with Crippen molar-refractivity contribution in [1.29, 1.82) is 0 Å². The fourth-order valence-corrected chi connectivity index (χ4v) is 1.90. The van der Waals surface area contributed by atoms with Crippen LogP contribution >= 0.6 is 0 Å². The van der Waals surface area contributed by atoms with Crippen LogP contribution in [-0.2, 0) is 15.7 Å². The Bertz CT molecular complexity index is 476. The number of rotatable bonds is 3. The summed E-state index contributed by atoms with van der Waals surface area (Å²) in [6, 6.07) is 1.61. The molecule has 1 fully saturated rings. The summed E-state index contributed by atoms with van der Waals surface area (Å²) in [7, 11) is 1.29. The number of halogens is 3. The molecule has 0 spiro atoms. The minimum Gasteiger partial charge on any atom is -0.473 e. The molecular formula is C12H13F3N2O3. The van der Waals surface area contributed by atoms with Gasteiger partial charge in [0.05, 0.1) is 12.7 Å². The number of nitrogens with one attached hydrogen (secondary N) is 1. The molecule has 2 rings (SSSR count). The Balaban J connectivity index is 1.93. The molecule has 0 aromatic carbocycles. The summed E-state index contributed by atoms with van der Waals surface area (Å²) in [5.41, 5.74) is -0.832. The van der Waals surface area contributed by atoms with Crippen molar-refractivity contribution in [2.45, 2.75) is 24.7 Å². The number of ether oxygens (including phenoxy) is 2. The van der Waals surface area contributed by atoms with Crippen LogP contribution in [0.1, 0.15) is 12.0 Å². The molecule has 1 aromatic rings. The third-order valence-electron chi connectivity index (χ3n) is 2.93.